The Morgan fingerprint density at radius 3 is 1.52 bits per heavy atom. The predicted molar refractivity (Wildman–Crippen MR) is 169 cm³/mol. The van der Waals surface area contributed by atoms with Crippen LogP contribution in [0, 0.1) is 13.8 Å². The second-order valence-corrected chi connectivity index (χ2v) is 11.8. The first-order valence-corrected chi connectivity index (χ1v) is 15.3. The Hall–Kier alpha value is -3.30. The van der Waals surface area contributed by atoms with E-state index in [9.17, 15) is 19.8 Å². The third-order valence-corrected chi connectivity index (χ3v) is 9.08. The molecule has 0 amide bonds. The minimum absolute atomic E-state index is 0.00803. The van der Waals surface area contributed by atoms with Crippen LogP contribution in [0.3, 0.4) is 0 Å². The van der Waals surface area contributed by atoms with Gasteiger partial charge < -0.3 is 20.2 Å². The summed E-state index contributed by atoms with van der Waals surface area (Å²) < 4.78 is 0. The molecule has 2 aromatic carbocycles. The number of aromatic nitrogens is 2. The fourth-order valence-electron chi connectivity index (χ4n) is 6.58. The number of hydrogen-bond acceptors (Lipinski definition) is 6. The van der Waals surface area contributed by atoms with E-state index in [-0.39, 0.29) is 24.3 Å². The maximum atomic E-state index is 12.2. The Labute approximate surface area is 247 Å². The lowest BCUT2D eigenvalue weighted by atomic mass is 10.1. The molecule has 0 radical (unpaired) electrons. The molecular weight excluding hydrogens is 528 g/mol. The summed E-state index contributed by atoms with van der Waals surface area (Å²) in [7, 11) is 0. The number of fused-ring (bicyclic) bond motifs is 2. The minimum Gasteiger partial charge on any atom is -0.395 e. The average molecular weight is 573 g/mol. The van der Waals surface area contributed by atoms with Crippen LogP contribution < -0.4 is 11.1 Å². The Kier molecular flexibility index (Phi) is 9.90. The fourth-order valence-corrected chi connectivity index (χ4v) is 6.58. The van der Waals surface area contributed by atoms with Gasteiger partial charge in [-0.1, -0.05) is 24.3 Å². The number of benzene rings is 2. The standard InChI is InChI=1S/2C17H22N2O2/c2*1-12-4-2-6-15-16(12)10-13(18-17(15)21)7-9-19-8-3-5-14(19)11-20/h2*2,4,6,10,14,20H,3,5,7-9,11H2,1H3,(H,18,21)/t2*14-/m11/s1. The molecule has 4 aromatic rings. The first-order chi connectivity index (χ1) is 20.4. The lowest BCUT2D eigenvalue weighted by Gasteiger charge is -2.22. The second kappa shape index (κ2) is 13.8. The molecular formula is C34H44N4O4. The first kappa shape index (κ1) is 30.2. The third kappa shape index (κ3) is 6.84. The molecule has 0 unspecified atom stereocenters. The van der Waals surface area contributed by atoms with Gasteiger partial charge in [0.2, 0.25) is 0 Å². The van der Waals surface area contributed by atoms with Crippen LogP contribution in [0.1, 0.15) is 48.2 Å². The van der Waals surface area contributed by atoms with Crippen LogP contribution in [-0.2, 0) is 12.8 Å². The largest absolute Gasteiger partial charge is 0.395 e. The number of aryl methyl sites for hydroxylation is 2. The van der Waals surface area contributed by atoms with Crippen molar-refractivity contribution in [3.63, 3.8) is 0 Å². The summed E-state index contributed by atoms with van der Waals surface area (Å²) in [4.78, 5) is 34.9. The number of pyridine rings is 2. The van der Waals surface area contributed by atoms with Crippen molar-refractivity contribution in [3.8, 4) is 0 Å². The molecule has 42 heavy (non-hydrogen) atoms. The topological polar surface area (TPSA) is 113 Å². The molecule has 2 aliphatic heterocycles. The van der Waals surface area contributed by atoms with E-state index >= 15 is 0 Å². The maximum Gasteiger partial charge on any atom is 0.256 e. The average Bonchev–Trinajstić information content (AvgIpc) is 3.65. The smallest absolute Gasteiger partial charge is 0.256 e. The van der Waals surface area contributed by atoms with E-state index in [1.807, 2.05) is 50.2 Å². The molecule has 4 heterocycles. The number of aromatic amines is 2. The molecule has 2 aromatic heterocycles. The molecule has 2 fully saturated rings. The summed E-state index contributed by atoms with van der Waals surface area (Å²) >= 11 is 0. The zero-order chi connectivity index (χ0) is 29.6. The number of hydrogen-bond donors (Lipinski definition) is 4. The van der Waals surface area contributed by atoms with Crippen LogP contribution in [0.2, 0.25) is 0 Å². The highest BCUT2D eigenvalue weighted by Crippen LogP contribution is 2.20. The second-order valence-electron chi connectivity index (χ2n) is 11.8. The zero-order valence-electron chi connectivity index (χ0n) is 24.9. The molecule has 2 saturated heterocycles. The lowest BCUT2D eigenvalue weighted by molar-refractivity contribution is 0.160. The monoisotopic (exact) mass is 572 g/mol. The summed E-state index contributed by atoms with van der Waals surface area (Å²) in [6, 6.07) is 16.4. The van der Waals surface area contributed by atoms with Gasteiger partial charge in [-0.15, -0.1) is 0 Å². The molecule has 2 atom stereocenters. The SMILES string of the molecule is Cc1cccc2c(=O)[nH]c(CCN3CCC[C@@H]3CO)cc12.Cc1cccc2c(=O)[nH]c(CCN3CCC[C@@H]3CO)cc12. The summed E-state index contributed by atoms with van der Waals surface area (Å²) in [5, 5.41) is 22.3. The van der Waals surface area contributed by atoms with Gasteiger partial charge in [0, 0.05) is 60.2 Å². The highest BCUT2D eigenvalue weighted by Gasteiger charge is 2.24. The molecule has 0 bridgehead atoms. The van der Waals surface area contributed by atoms with E-state index in [4.69, 9.17) is 0 Å². The van der Waals surface area contributed by atoms with Crippen LogP contribution >= 0.6 is 0 Å². The highest BCUT2D eigenvalue weighted by atomic mass is 16.3. The van der Waals surface area contributed by atoms with Gasteiger partial charge >= 0.3 is 0 Å². The van der Waals surface area contributed by atoms with E-state index in [1.165, 1.54) is 0 Å². The molecule has 0 spiro atoms. The molecule has 8 nitrogen and oxygen atoms in total. The maximum absolute atomic E-state index is 12.2. The Morgan fingerprint density at radius 1 is 0.690 bits per heavy atom. The fraction of sp³-hybridized carbons (Fsp3) is 0.471. The van der Waals surface area contributed by atoms with E-state index in [0.29, 0.717) is 12.1 Å². The molecule has 2 aliphatic rings. The summed E-state index contributed by atoms with van der Waals surface area (Å²) in [5.74, 6) is 0. The number of aliphatic hydroxyl groups excluding tert-OH is 2. The van der Waals surface area contributed by atoms with Gasteiger partial charge in [-0.2, -0.15) is 0 Å². The van der Waals surface area contributed by atoms with Crippen molar-refractivity contribution in [3.05, 3.63) is 91.8 Å². The third-order valence-electron chi connectivity index (χ3n) is 9.08. The number of aliphatic hydroxyl groups is 2. The molecule has 224 valence electrons. The molecule has 6 rings (SSSR count). The van der Waals surface area contributed by atoms with E-state index in [0.717, 1.165) is 109 Å². The van der Waals surface area contributed by atoms with Crippen molar-refractivity contribution in [1.82, 2.24) is 19.8 Å². The Balaban J connectivity index is 0.000000168. The summed E-state index contributed by atoms with van der Waals surface area (Å²) in [6.45, 7) is 8.39. The summed E-state index contributed by atoms with van der Waals surface area (Å²) in [5.41, 5.74) is 4.21. The van der Waals surface area contributed by atoms with Gasteiger partial charge in [-0.25, -0.2) is 0 Å². The van der Waals surface area contributed by atoms with Gasteiger partial charge in [0.25, 0.3) is 11.1 Å². The lowest BCUT2D eigenvalue weighted by Crippen LogP contribution is -2.34. The van der Waals surface area contributed by atoms with Crippen molar-refractivity contribution in [2.45, 2.75) is 64.5 Å². The van der Waals surface area contributed by atoms with Crippen LogP contribution in [-0.4, -0.2) is 81.5 Å². The quantitative estimate of drug-likeness (QED) is 0.256. The Bertz CT molecular complexity index is 1510. The highest BCUT2D eigenvalue weighted by molar-refractivity contribution is 5.85. The summed E-state index contributed by atoms with van der Waals surface area (Å²) in [6.07, 6.45) is 6.08. The molecule has 4 N–H and O–H groups in total. The number of likely N-dealkylation sites (tertiary alicyclic amines) is 2. The molecule has 0 saturated carbocycles. The van der Waals surface area contributed by atoms with Gasteiger partial charge in [-0.3, -0.25) is 19.4 Å². The first-order valence-electron chi connectivity index (χ1n) is 15.3. The molecule has 8 heteroatoms. The van der Waals surface area contributed by atoms with Crippen LogP contribution in [0.4, 0.5) is 0 Å². The van der Waals surface area contributed by atoms with Crippen molar-refractivity contribution < 1.29 is 10.2 Å². The van der Waals surface area contributed by atoms with Crippen LogP contribution in [0.25, 0.3) is 21.5 Å². The Morgan fingerprint density at radius 2 is 1.12 bits per heavy atom. The number of H-pyrrole nitrogens is 2. The zero-order valence-corrected chi connectivity index (χ0v) is 24.9. The number of nitrogens with zero attached hydrogens (tertiary/aromatic N) is 2. The minimum atomic E-state index is -0.00803. The van der Waals surface area contributed by atoms with Crippen molar-refractivity contribution in [2.24, 2.45) is 0 Å². The van der Waals surface area contributed by atoms with Gasteiger partial charge in [0.05, 0.1) is 13.2 Å². The van der Waals surface area contributed by atoms with Crippen molar-refractivity contribution >= 4 is 21.5 Å². The molecule has 0 aliphatic carbocycles. The van der Waals surface area contributed by atoms with E-state index < -0.39 is 0 Å². The van der Waals surface area contributed by atoms with Crippen molar-refractivity contribution in [2.75, 3.05) is 39.4 Å². The van der Waals surface area contributed by atoms with Gasteiger partial charge in [0.1, 0.15) is 0 Å². The number of rotatable bonds is 8. The van der Waals surface area contributed by atoms with Gasteiger partial charge in [0.15, 0.2) is 0 Å². The van der Waals surface area contributed by atoms with Crippen LogP contribution in [0.5, 0.6) is 0 Å². The van der Waals surface area contributed by atoms with E-state index in [1.54, 1.807) is 0 Å². The van der Waals surface area contributed by atoms with Gasteiger partial charge in [-0.05, 0) is 98.8 Å². The van der Waals surface area contributed by atoms with E-state index in [2.05, 4.69) is 31.9 Å². The predicted octanol–water partition coefficient (Wildman–Crippen LogP) is 3.67. The number of nitrogens with one attached hydrogen (secondary N) is 2. The normalized spacial score (nSPS) is 19.4. The van der Waals surface area contributed by atoms with Crippen molar-refractivity contribution in [1.29, 1.82) is 0 Å². The van der Waals surface area contributed by atoms with Crippen LogP contribution in [0.15, 0.2) is 58.1 Å².